The number of carbonyl (C=O) groups is 2. The second-order valence-electron chi connectivity index (χ2n) is 15.5. The monoisotopic (exact) mass is 829 g/mol. The van der Waals surface area contributed by atoms with Gasteiger partial charge in [0.25, 0.3) is 0 Å². The van der Waals surface area contributed by atoms with Crippen LogP contribution in [0.1, 0.15) is 76.5 Å². The van der Waals surface area contributed by atoms with Gasteiger partial charge in [0.1, 0.15) is 27.6 Å². The third kappa shape index (κ3) is 7.34. The predicted molar refractivity (Wildman–Crippen MR) is 213 cm³/mol. The molecule has 4 heterocycles. The van der Waals surface area contributed by atoms with E-state index in [0.29, 0.717) is 41.5 Å². The van der Waals surface area contributed by atoms with Gasteiger partial charge in [0.05, 0.1) is 28.9 Å². The fraction of sp³-hybridized carbons (Fsp3) is 0.475. The number of morpholine rings is 1. The van der Waals surface area contributed by atoms with Gasteiger partial charge in [-0.1, -0.05) is 59.1 Å². The highest BCUT2D eigenvalue weighted by Gasteiger charge is 2.60. The van der Waals surface area contributed by atoms with E-state index in [2.05, 4.69) is 0 Å². The quantitative estimate of drug-likeness (QED) is 0.236. The molecule has 0 radical (unpaired) electrons. The van der Waals surface area contributed by atoms with Crippen molar-refractivity contribution in [3.63, 3.8) is 0 Å². The zero-order valence-corrected chi connectivity index (χ0v) is 34.4. The number of amides is 3. The Kier molecular flexibility index (Phi) is 11.0. The molecule has 294 valence electrons. The Labute approximate surface area is 337 Å². The van der Waals surface area contributed by atoms with Crippen LogP contribution in [-0.4, -0.2) is 84.8 Å². The van der Waals surface area contributed by atoms with E-state index in [0.717, 1.165) is 24.0 Å². The lowest BCUT2D eigenvalue weighted by molar-refractivity contribution is -0.119. The van der Waals surface area contributed by atoms with Gasteiger partial charge in [-0.3, -0.25) is 14.7 Å². The molecule has 4 aliphatic rings. The van der Waals surface area contributed by atoms with Crippen molar-refractivity contribution in [3.8, 4) is 5.75 Å². The molecule has 55 heavy (non-hydrogen) atoms. The van der Waals surface area contributed by atoms with Gasteiger partial charge in [0, 0.05) is 48.7 Å². The average molecular weight is 831 g/mol. The molecule has 3 fully saturated rings. The number of carbonyl (C=O) groups excluding carboxylic acids is 2. The Morgan fingerprint density at radius 2 is 1.47 bits per heavy atom. The number of amidine groups is 1. The number of hydrogen-bond donors (Lipinski definition) is 1. The van der Waals surface area contributed by atoms with Crippen molar-refractivity contribution in [2.24, 2.45) is 16.6 Å². The lowest BCUT2D eigenvalue weighted by Crippen LogP contribution is -2.59. The first-order valence-corrected chi connectivity index (χ1v) is 21.2. The minimum atomic E-state index is -4.13. The first kappa shape index (κ1) is 39.8. The van der Waals surface area contributed by atoms with Crippen LogP contribution in [0.2, 0.25) is 15.1 Å². The molecule has 0 aromatic heterocycles. The highest BCUT2D eigenvalue weighted by Crippen LogP contribution is 2.54. The van der Waals surface area contributed by atoms with E-state index in [4.69, 9.17) is 55.0 Å². The number of urea groups is 1. The topological polar surface area (TPSA) is 135 Å². The maximum absolute atomic E-state index is 15.4. The number of hydrogen-bond acceptors (Lipinski definition) is 7. The van der Waals surface area contributed by atoms with Gasteiger partial charge >= 0.3 is 6.03 Å². The normalized spacial score (nSPS) is 26.1. The van der Waals surface area contributed by atoms with Crippen LogP contribution in [0.5, 0.6) is 5.75 Å². The van der Waals surface area contributed by atoms with E-state index in [-0.39, 0.29) is 77.2 Å². The van der Waals surface area contributed by atoms with Crippen molar-refractivity contribution < 1.29 is 27.5 Å². The van der Waals surface area contributed by atoms with Crippen LogP contribution in [0.3, 0.4) is 0 Å². The van der Waals surface area contributed by atoms with Crippen LogP contribution >= 0.6 is 34.8 Å². The molecular weight excluding hydrogens is 785 g/mol. The molecule has 3 aromatic carbocycles. The van der Waals surface area contributed by atoms with Crippen LogP contribution < -0.4 is 10.5 Å². The fourth-order valence-corrected chi connectivity index (χ4v) is 10.8. The number of sulfonamides is 1. The molecular formula is C40H46Cl3N5O6S. The maximum Gasteiger partial charge on any atom is 0.326 e. The number of aliphatic imine (C=N–C) groups is 1. The zero-order valence-electron chi connectivity index (χ0n) is 31.3. The predicted octanol–water partition coefficient (Wildman–Crippen LogP) is 7.59. The van der Waals surface area contributed by atoms with Gasteiger partial charge in [-0.2, -0.15) is 4.31 Å². The number of ether oxygens (including phenoxy) is 2. The molecule has 4 atom stereocenters. The van der Waals surface area contributed by atoms with Crippen LogP contribution in [-0.2, 0) is 30.6 Å². The number of rotatable bonds is 9. The summed E-state index contributed by atoms with van der Waals surface area (Å²) in [5.74, 6) is 0.172. The van der Waals surface area contributed by atoms with E-state index in [1.807, 2.05) is 52.0 Å². The Balaban J connectivity index is 1.44. The molecule has 15 heteroatoms. The molecule has 0 unspecified atom stereocenters. The molecule has 11 nitrogen and oxygen atoms in total. The van der Waals surface area contributed by atoms with E-state index in [1.165, 1.54) is 16.4 Å². The zero-order chi connectivity index (χ0) is 39.4. The summed E-state index contributed by atoms with van der Waals surface area (Å²) in [6.45, 7) is 8.82. The van der Waals surface area contributed by atoms with E-state index in [9.17, 15) is 13.2 Å². The molecule has 7 rings (SSSR count). The second kappa shape index (κ2) is 15.2. The number of likely N-dealkylation sites (tertiary alicyclic amines) is 1. The van der Waals surface area contributed by atoms with E-state index >= 15 is 4.79 Å². The summed E-state index contributed by atoms with van der Waals surface area (Å²) in [6.07, 6.45) is 2.30. The average Bonchev–Trinajstić information content (AvgIpc) is 3.59. The molecule has 2 N–H and O–H groups in total. The van der Waals surface area contributed by atoms with Gasteiger partial charge in [-0.05, 0) is 101 Å². The van der Waals surface area contributed by atoms with Crippen molar-refractivity contribution in [1.29, 1.82) is 0 Å². The minimum absolute atomic E-state index is 0.00726. The van der Waals surface area contributed by atoms with Gasteiger partial charge in [0.2, 0.25) is 15.9 Å². The van der Waals surface area contributed by atoms with Crippen LogP contribution in [0.25, 0.3) is 0 Å². The summed E-state index contributed by atoms with van der Waals surface area (Å²) in [4.78, 5) is 35.9. The number of benzene rings is 3. The number of piperidine rings is 1. The summed E-state index contributed by atoms with van der Waals surface area (Å²) >= 11 is 19.7. The number of fused-ring (bicyclic) bond motifs is 2. The second-order valence-corrected chi connectivity index (χ2v) is 18.7. The Bertz CT molecular complexity index is 2100. The van der Waals surface area contributed by atoms with Gasteiger partial charge in [0.15, 0.2) is 0 Å². The summed E-state index contributed by atoms with van der Waals surface area (Å²) in [5, 5.41) is 1.05. The van der Waals surface area contributed by atoms with Gasteiger partial charge in [-0.25, -0.2) is 13.2 Å². The highest BCUT2D eigenvalue weighted by atomic mass is 35.5. The molecule has 2 bridgehead atoms. The van der Waals surface area contributed by atoms with Crippen molar-refractivity contribution >= 4 is 62.6 Å². The minimum Gasteiger partial charge on any atom is -0.490 e. The first-order valence-electron chi connectivity index (χ1n) is 18.7. The molecule has 0 spiro atoms. The Hall–Kier alpha value is -3.39. The summed E-state index contributed by atoms with van der Waals surface area (Å²) < 4.78 is 42.8. The number of nitrogens with zero attached hydrogens (tertiary/aromatic N) is 4. The number of halogens is 3. The van der Waals surface area contributed by atoms with Gasteiger partial charge in [-0.15, -0.1) is 0 Å². The van der Waals surface area contributed by atoms with Gasteiger partial charge < -0.3 is 20.1 Å². The molecule has 0 saturated carbocycles. The summed E-state index contributed by atoms with van der Waals surface area (Å²) in [5.41, 5.74) is 4.94. The lowest BCUT2D eigenvalue weighted by Gasteiger charge is -2.47. The maximum atomic E-state index is 15.4. The smallest absolute Gasteiger partial charge is 0.326 e. The molecule has 4 aliphatic heterocycles. The van der Waals surface area contributed by atoms with Crippen molar-refractivity contribution in [1.82, 2.24) is 14.1 Å². The van der Waals surface area contributed by atoms with Crippen molar-refractivity contribution in [2.75, 3.05) is 26.2 Å². The summed E-state index contributed by atoms with van der Waals surface area (Å²) in [6, 6.07) is 17.3. The van der Waals surface area contributed by atoms with Crippen LogP contribution in [0, 0.1) is 5.92 Å². The number of nitrogens with two attached hydrogens (primary N) is 1. The third-order valence-electron chi connectivity index (χ3n) is 11.6. The first-order chi connectivity index (χ1) is 26.0. The fourth-order valence-electron chi connectivity index (χ4n) is 8.49. The highest BCUT2D eigenvalue weighted by molar-refractivity contribution is 7.89. The van der Waals surface area contributed by atoms with Crippen molar-refractivity contribution in [3.05, 3.63) is 92.4 Å². The third-order valence-corrected chi connectivity index (χ3v) is 14.4. The largest absolute Gasteiger partial charge is 0.490 e. The Morgan fingerprint density at radius 1 is 0.909 bits per heavy atom. The SMILES string of the molecule is CC(C)Oc1cc(Cl)c(S(=O)(=O)N2C[C@H]3CC[C@@H](C2)O3)cc1C1=N[C@@](C)(c2ccc(Cl)cc2)[C@@](C)(c2ccc(Cl)cc2)N1C(=O)N1CCC(CC(N)=O)CC1. The van der Waals surface area contributed by atoms with E-state index in [1.54, 1.807) is 34.1 Å². The molecule has 3 saturated heterocycles. The summed E-state index contributed by atoms with van der Waals surface area (Å²) in [7, 11) is -4.13. The molecule has 0 aliphatic carbocycles. The Morgan fingerprint density at radius 3 is 2.02 bits per heavy atom. The molecule has 3 amide bonds. The van der Waals surface area contributed by atoms with Crippen LogP contribution in [0.15, 0.2) is 70.6 Å². The number of primary amides is 1. The van der Waals surface area contributed by atoms with Crippen molar-refractivity contribution in [2.45, 2.75) is 94.1 Å². The van der Waals surface area contributed by atoms with E-state index < -0.39 is 21.1 Å². The lowest BCUT2D eigenvalue weighted by atomic mass is 9.71. The molecule has 3 aromatic rings. The standard InChI is InChI=1S/C40H46Cl3N5O6S/c1-24(2)53-34-21-33(43)35(55(51,52)47-22-30-13-14-31(23-47)54-30)20-32(34)37-45-39(3,26-5-9-28(41)10-6-26)40(4,27-7-11-29(42)12-8-27)48(37)38(50)46-17-15-25(16-18-46)19-36(44)49/h5-12,20-21,24-25,30-31H,13-19,22-23H2,1-4H3,(H2,44,49)/t30-,31+,39-,40+/m0/s1. The van der Waals surface area contributed by atoms with Crippen LogP contribution in [0.4, 0.5) is 4.79 Å².